The molecule has 1 aliphatic heterocycles. The van der Waals surface area contributed by atoms with Crippen LogP contribution < -0.4 is 4.74 Å². The fourth-order valence-corrected chi connectivity index (χ4v) is 2.43. The number of aryl methyl sites for hydroxylation is 2. The summed E-state index contributed by atoms with van der Waals surface area (Å²) in [5.74, 6) is 1.12. The summed E-state index contributed by atoms with van der Waals surface area (Å²) < 4.78 is 5.73. The zero-order chi connectivity index (χ0) is 11.8. The van der Waals surface area contributed by atoms with E-state index in [1.165, 1.54) is 23.1 Å². The predicted molar refractivity (Wildman–Crippen MR) is 68.3 cm³/mol. The molecule has 0 radical (unpaired) electrons. The molecule has 0 aromatic heterocycles. The van der Waals surface area contributed by atoms with Crippen molar-refractivity contribution in [1.82, 2.24) is 0 Å². The molecule has 1 aliphatic rings. The van der Waals surface area contributed by atoms with E-state index in [1.807, 2.05) is 0 Å². The van der Waals surface area contributed by atoms with Crippen molar-refractivity contribution in [2.75, 3.05) is 6.61 Å². The highest BCUT2D eigenvalue weighted by molar-refractivity contribution is 5.46. The average molecular weight is 218 g/mol. The van der Waals surface area contributed by atoms with E-state index >= 15 is 0 Å². The van der Waals surface area contributed by atoms with Crippen LogP contribution in [0.4, 0.5) is 0 Å². The SMILES string of the molecule is CCc1cc2c(cc1C(C)(C)C)CCCO2. The van der Waals surface area contributed by atoms with E-state index in [4.69, 9.17) is 4.74 Å². The van der Waals surface area contributed by atoms with Gasteiger partial charge >= 0.3 is 0 Å². The molecule has 0 saturated carbocycles. The van der Waals surface area contributed by atoms with Crippen LogP contribution in [0.25, 0.3) is 0 Å². The van der Waals surface area contributed by atoms with Crippen molar-refractivity contribution in [3.05, 3.63) is 28.8 Å². The van der Waals surface area contributed by atoms with E-state index in [9.17, 15) is 0 Å². The Morgan fingerprint density at radius 3 is 2.62 bits per heavy atom. The van der Waals surface area contributed by atoms with Gasteiger partial charge in [-0.1, -0.05) is 33.8 Å². The zero-order valence-electron chi connectivity index (χ0n) is 10.9. The highest BCUT2D eigenvalue weighted by atomic mass is 16.5. The summed E-state index contributed by atoms with van der Waals surface area (Å²) in [5.41, 5.74) is 4.55. The van der Waals surface area contributed by atoms with Gasteiger partial charge in [0.15, 0.2) is 0 Å². The minimum absolute atomic E-state index is 0.234. The molecule has 1 heteroatoms. The lowest BCUT2D eigenvalue weighted by Gasteiger charge is -2.26. The Kier molecular flexibility index (Phi) is 2.96. The molecular formula is C15H22O. The summed E-state index contributed by atoms with van der Waals surface area (Å²) in [4.78, 5) is 0. The first-order chi connectivity index (χ1) is 7.52. The molecule has 16 heavy (non-hydrogen) atoms. The van der Waals surface area contributed by atoms with E-state index in [0.717, 1.165) is 25.2 Å². The van der Waals surface area contributed by atoms with Gasteiger partial charge in [0.2, 0.25) is 0 Å². The van der Waals surface area contributed by atoms with Crippen LogP contribution in [0.1, 0.15) is 50.8 Å². The lowest BCUT2D eigenvalue weighted by atomic mass is 9.81. The standard InChI is InChI=1S/C15H22O/c1-5-11-10-14-12(7-6-8-16-14)9-13(11)15(2,3)4/h9-10H,5-8H2,1-4H3. The first-order valence-electron chi connectivity index (χ1n) is 6.31. The molecule has 0 spiro atoms. The van der Waals surface area contributed by atoms with Gasteiger partial charge in [0.25, 0.3) is 0 Å². The molecule has 0 saturated heterocycles. The Hall–Kier alpha value is -0.980. The van der Waals surface area contributed by atoms with Crippen molar-refractivity contribution in [1.29, 1.82) is 0 Å². The summed E-state index contributed by atoms with van der Waals surface area (Å²) in [6.45, 7) is 9.97. The zero-order valence-corrected chi connectivity index (χ0v) is 10.9. The van der Waals surface area contributed by atoms with Crippen LogP contribution >= 0.6 is 0 Å². The molecule has 0 bridgehead atoms. The van der Waals surface area contributed by atoms with Crippen LogP contribution in [0, 0.1) is 0 Å². The number of fused-ring (bicyclic) bond motifs is 1. The van der Waals surface area contributed by atoms with E-state index < -0.39 is 0 Å². The summed E-state index contributed by atoms with van der Waals surface area (Å²) in [6, 6.07) is 4.63. The predicted octanol–water partition coefficient (Wildman–Crippen LogP) is 3.87. The molecule has 0 N–H and O–H groups in total. The van der Waals surface area contributed by atoms with E-state index in [1.54, 1.807) is 0 Å². The third-order valence-electron chi connectivity index (χ3n) is 3.32. The number of hydrogen-bond acceptors (Lipinski definition) is 1. The maximum absolute atomic E-state index is 5.73. The molecule has 1 aromatic rings. The smallest absolute Gasteiger partial charge is 0.122 e. The van der Waals surface area contributed by atoms with Gasteiger partial charge in [-0.15, -0.1) is 0 Å². The van der Waals surface area contributed by atoms with Crippen LogP contribution in [0.5, 0.6) is 5.75 Å². The van der Waals surface area contributed by atoms with Gasteiger partial charge < -0.3 is 4.74 Å². The first-order valence-corrected chi connectivity index (χ1v) is 6.31. The molecule has 2 rings (SSSR count). The minimum atomic E-state index is 0.234. The van der Waals surface area contributed by atoms with Gasteiger partial charge in [-0.3, -0.25) is 0 Å². The second kappa shape index (κ2) is 4.12. The van der Waals surface area contributed by atoms with Crippen LogP contribution in [0.15, 0.2) is 12.1 Å². The lowest BCUT2D eigenvalue weighted by Crippen LogP contribution is -2.17. The quantitative estimate of drug-likeness (QED) is 0.695. The van der Waals surface area contributed by atoms with E-state index in [-0.39, 0.29) is 5.41 Å². The van der Waals surface area contributed by atoms with Crippen LogP contribution in [-0.4, -0.2) is 6.61 Å². The van der Waals surface area contributed by atoms with Crippen molar-refractivity contribution in [3.63, 3.8) is 0 Å². The van der Waals surface area contributed by atoms with Crippen molar-refractivity contribution >= 4 is 0 Å². The third-order valence-corrected chi connectivity index (χ3v) is 3.32. The Morgan fingerprint density at radius 2 is 2.00 bits per heavy atom. The average Bonchev–Trinajstić information content (AvgIpc) is 2.26. The highest BCUT2D eigenvalue weighted by Crippen LogP contribution is 2.34. The van der Waals surface area contributed by atoms with Crippen LogP contribution in [0.3, 0.4) is 0 Å². The van der Waals surface area contributed by atoms with Gasteiger partial charge in [-0.05, 0) is 47.4 Å². The Labute approximate surface area is 98.8 Å². The number of ether oxygens (including phenoxy) is 1. The molecule has 0 fully saturated rings. The first kappa shape index (κ1) is 11.5. The molecule has 0 unspecified atom stereocenters. The molecule has 0 atom stereocenters. The third kappa shape index (κ3) is 2.09. The van der Waals surface area contributed by atoms with Crippen molar-refractivity contribution in [2.45, 2.75) is 52.4 Å². The molecule has 1 aromatic carbocycles. The van der Waals surface area contributed by atoms with Gasteiger partial charge in [0, 0.05) is 0 Å². The molecule has 1 heterocycles. The molecule has 0 aliphatic carbocycles. The molecule has 1 nitrogen and oxygen atoms in total. The summed E-state index contributed by atoms with van der Waals surface area (Å²) in [7, 11) is 0. The van der Waals surface area contributed by atoms with Gasteiger partial charge in [0.05, 0.1) is 6.61 Å². The normalized spacial score (nSPS) is 15.5. The van der Waals surface area contributed by atoms with Crippen molar-refractivity contribution in [2.24, 2.45) is 0 Å². The number of rotatable bonds is 1. The topological polar surface area (TPSA) is 9.23 Å². The Morgan fingerprint density at radius 1 is 1.25 bits per heavy atom. The molecule has 0 amide bonds. The van der Waals surface area contributed by atoms with Gasteiger partial charge in [-0.25, -0.2) is 0 Å². The summed E-state index contributed by atoms with van der Waals surface area (Å²) >= 11 is 0. The van der Waals surface area contributed by atoms with Crippen molar-refractivity contribution in [3.8, 4) is 5.75 Å². The monoisotopic (exact) mass is 218 g/mol. The van der Waals surface area contributed by atoms with Crippen LogP contribution in [-0.2, 0) is 18.3 Å². The largest absolute Gasteiger partial charge is 0.493 e. The van der Waals surface area contributed by atoms with Gasteiger partial charge in [0.1, 0.15) is 5.75 Å². The summed E-state index contributed by atoms with van der Waals surface area (Å²) in [5, 5.41) is 0. The maximum atomic E-state index is 5.73. The van der Waals surface area contributed by atoms with E-state index in [2.05, 4.69) is 39.8 Å². The lowest BCUT2D eigenvalue weighted by molar-refractivity contribution is 0.287. The van der Waals surface area contributed by atoms with Crippen molar-refractivity contribution < 1.29 is 4.74 Å². The fourth-order valence-electron chi connectivity index (χ4n) is 2.43. The summed E-state index contributed by atoms with van der Waals surface area (Å²) in [6.07, 6.45) is 3.41. The highest BCUT2D eigenvalue weighted by Gasteiger charge is 2.21. The number of benzene rings is 1. The minimum Gasteiger partial charge on any atom is -0.493 e. The Balaban J connectivity index is 2.52. The second-order valence-corrected chi connectivity index (χ2v) is 5.67. The number of hydrogen-bond donors (Lipinski definition) is 0. The molecular weight excluding hydrogens is 196 g/mol. The van der Waals surface area contributed by atoms with Crippen LogP contribution in [0.2, 0.25) is 0 Å². The maximum Gasteiger partial charge on any atom is 0.122 e. The fraction of sp³-hybridized carbons (Fsp3) is 0.600. The Bertz CT molecular complexity index is 385. The second-order valence-electron chi connectivity index (χ2n) is 5.67. The van der Waals surface area contributed by atoms with Gasteiger partial charge in [-0.2, -0.15) is 0 Å². The molecule has 88 valence electrons. The van der Waals surface area contributed by atoms with E-state index in [0.29, 0.717) is 0 Å².